The van der Waals surface area contributed by atoms with Crippen molar-refractivity contribution in [1.82, 2.24) is 0 Å². The zero-order valence-electron chi connectivity index (χ0n) is 15.8. The van der Waals surface area contributed by atoms with Crippen LogP contribution in [0.15, 0.2) is 4.99 Å². The van der Waals surface area contributed by atoms with E-state index in [-0.39, 0.29) is 0 Å². The van der Waals surface area contributed by atoms with E-state index in [0.29, 0.717) is 6.54 Å². The predicted octanol–water partition coefficient (Wildman–Crippen LogP) is 6.48. The molecule has 4 nitrogen and oxygen atoms in total. The molecule has 0 saturated heterocycles. The van der Waals surface area contributed by atoms with Crippen LogP contribution >= 0.6 is 0 Å². The Hall–Kier alpha value is -1.24. The van der Waals surface area contributed by atoms with Crippen LogP contribution in [0, 0.1) is 5.41 Å². The summed E-state index contributed by atoms with van der Waals surface area (Å²) in [5.41, 5.74) is 0. The molecule has 0 aliphatic rings. The van der Waals surface area contributed by atoms with Gasteiger partial charge in [0.15, 0.2) is 0 Å². The number of aliphatic imine (C=N–C) groups is 1. The van der Waals surface area contributed by atoms with Gasteiger partial charge in [0.2, 0.25) is 12.2 Å². The molecule has 1 N–H and O–H groups in total. The van der Waals surface area contributed by atoms with E-state index >= 15 is 0 Å². The van der Waals surface area contributed by atoms with Gasteiger partial charge in [0, 0.05) is 0 Å². The number of hydrogen-bond donors (Lipinski definition) is 1. The normalized spacial score (nSPS) is 9.54. The highest BCUT2D eigenvalue weighted by Crippen LogP contribution is 2.13. The molecule has 0 radical (unpaired) electrons. The molecule has 0 aliphatic heterocycles. The first-order valence-electron chi connectivity index (χ1n) is 9.91. The van der Waals surface area contributed by atoms with Crippen LogP contribution in [0.25, 0.3) is 0 Å². The average Bonchev–Trinajstić information content (AvgIpc) is 2.58. The van der Waals surface area contributed by atoms with Crippen LogP contribution in [-0.4, -0.2) is 18.7 Å². The Morgan fingerprint density at radius 2 is 0.917 bits per heavy atom. The fourth-order valence-electron chi connectivity index (χ4n) is 2.78. The van der Waals surface area contributed by atoms with Crippen molar-refractivity contribution in [1.29, 1.82) is 5.41 Å². The Kier molecular flexibility index (Phi) is 27.8. The topological polar surface area (TPSA) is 70.3 Å². The second kappa shape index (κ2) is 26.6. The highest BCUT2D eigenvalue weighted by atomic mass is 16.1. The van der Waals surface area contributed by atoms with Gasteiger partial charge in [-0.2, -0.15) is 0 Å². The van der Waals surface area contributed by atoms with Crippen molar-refractivity contribution >= 4 is 12.2 Å². The largest absolute Gasteiger partial charge is 0.234 e. The van der Waals surface area contributed by atoms with Gasteiger partial charge in [-0.1, -0.05) is 103 Å². The van der Waals surface area contributed by atoms with E-state index in [4.69, 9.17) is 10.2 Å². The fourth-order valence-corrected chi connectivity index (χ4v) is 2.78. The van der Waals surface area contributed by atoms with Crippen LogP contribution < -0.4 is 0 Å². The molecule has 0 aliphatic carbocycles. The molecule has 0 aromatic heterocycles. The molecule has 0 rings (SSSR count). The Morgan fingerprint density at radius 1 is 0.625 bits per heavy atom. The maximum atomic E-state index is 9.87. The molecule has 0 heterocycles. The van der Waals surface area contributed by atoms with Gasteiger partial charge in [-0.3, -0.25) is 0 Å². The highest BCUT2D eigenvalue weighted by Gasteiger charge is 1.94. The third-order valence-corrected chi connectivity index (χ3v) is 4.19. The van der Waals surface area contributed by atoms with Gasteiger partial charge in [0.05, 0.1) is 6.54 Å². The molecule has 24 heavy (non-hydrogen) atoms. The summed E-state index contributed by atoms with van der Waals surface area (Å²) in [5.74, 6) is 0. The van der Waals surface area contributed by atoms with Crippen molar-refractivity contribution in [3.63, 3.8) is 0 Å². The number of rotatable bonds is 17. The first kappa shape index (κ1) is 25.0. The standard InChI is InChI=1S/C19H37NO.CHNO/c1-2-3-4-5-6-7-8-9-10-11-12-13-14-15-16-17-18-20-19-21;2-1-3/h2-18H2,1H3;2H. The van der Waals surface area contributed by atoms with Gasteiger partial charge >= 0.3 is 0 Å². The first-order chi connectivity index (χ1) is 11.8. The molecule has 0 bridgehead atoms. The summed E-state index contributed by atoms with van der Waals surface area (Å²) in [7, 11) is 0. The van der Waals surface area contributed by atoms with Gasteiger partial charge in [0.1, 0.15) is 0 Å². The van der Waals surface area contributed by atoms with E-state index in [1.54, 1.807) is 6.08 Å². The zero-order valence-corrected chi connectivity index (χ0v) is 15.8. The second-order valence-electron chi connectivity index (χ2n) is 6.38. The van der Waals surface area contributed by atoms with Crippen molar-refractivity contribution < 1.29 is 9.59 Å². The number of isocyanates is 2. The van der Waals surface area contributed by atoms with E-state index in [1.807, 2.05) is 0 Å². The van der Waals surface area contributed by atoms with Crippen LogP contribution in [0.3, 0.4) is 0 Å². The number of nitrogens with zero attached hydrogens (tertiary/aromatic N) is 1. The third kappa shape index (κ3) is 28.9. The summed E-state index contributed by atoms with van der Waals surface area (Å²) in [6, 6.07) is 0. The summed E-state index contributed by atoms with van der Waals surface area (Å²) >= 11 is 0. The van der Waals surface area contributed by atoms with E-state index in [2.05, 4.69) is 11.9 Å². The minimum atomic E-state index is 0.669. The van der Waals surface area contributed by atoms with Gasteiger partial charge in [-0.05, 0) is 6.42 Å². The first-order valence-corrected chi connectivity index (χ1v) is 9.91. The Balaban J connectivity index is 0. The molecule has 0 spiro atoms. The van der Waals surface area contributed by atoms with Gasteiger partial charge in [-0.15, -0.1) is 0 Å². The number of unbranched alkanes of at least 4 members (excludes halogenated alkanes) is 15. The molecule has 4 heteroatoms. The van der Waals surface area contributed by atoms with Crippen molar-refractivity contribution in [2.24, 2.45) is 4.99 Å². The van der Waals surface area contributed by atoms with Gasteiger partial charge < -0.3 is 0 Å². The lowest BCUT2D eigenvalue weighted by Crippen LogP contribution is -1.84. The van der Waals surface area contributed by atoms with Crippen LogP contribution in [0.2, 0.25) is 0 Å². The molecule has 0 saturated carbocycles. The molecule has 0 amide bonds. The SMILES string of the molecule is CCCCCCCCCCCCCCCCCCN=C=O.N=C=O. The molecular formula is C20H38N2O2. The lowest BCUT2D eigenvalue weighted by atomic mass is 10.0. The fraction of sp³-hybridized carbons (Fsp3) is 0.900. The van der Waals surface area contributed by atoms with Gasteiger partial charge in [0.25, 0.3) is 0 Å². The molecular weight excluding hydrogens is 300 g/mol. The number of hydrogen-bond acceptors (Lipinski definition) is 4. The van der Waals surface area contributed by atoms with E-state index in [0.717, 1.165) is 12.5 Å². The molecule has 0 fully saturated rings. The van der Waals surface area contributed by atoms with E-state index < -0.39 is 0 Å². The molecule has 0 aromatic carbocycles. The van der Waals surface area contributed by atoms with Crippen molar-refractivity contribution in [2.45, 2.75) is 110 Å². The highest BCUT2D eigenvalue weighted by molar-refractivity contribution is 5.32. The summed E-state index contributed by atoms with van der Waals surface area (Å²) in [5, 5.41) is 5.40. The maximum Gasteiger partial charge on any atom is 0.234 e. The Morgan fingerprint density at radius 3 is 1.21 bits per heavy atom. The second-order valence-corrected chi connectivity index (χ2v) is 6.38. The summed E-state index contributed by atoms with van der Waals surface area (Å²) < 4.78 is 0. The van der Waals surface area contributed by atoms with Crippen molar-refractivity contribution in [2.75, 3.05) is 6.54 Å². The summed E-state index contributed by atoms with van der Waals surface area (Å²) in [6.45, 7) is 2.95. The van der Waals surface area contributed by atoms with Gasteiger partial charge in [-0.25, -0.2) is 20.0 Å². The van der Waals surface area contributed by atoms with E-state index in [1.165, 1.54) is 96.3 Å². The molecule has 0 aromatic rings. The quantitative estimate of drug-likeness (QED) is 0.187. The van der Waals surface area contributed by atoms with Crippen molar-refractivity contribution in [3.05, 3.63) is 0 Å². The number of carbonyl (C=O) groups excluding carboxylic acids is 2. The Bertz CT molecular complexity index is 307. The summed E-state index contributed by atoms with van der Waals surface area (Å²) in [6.07, 6.45) is 24.4. The predicted molar refractivity (Wildman–Crippen MR) is 101 cm³/mol. The monoisotopic (exact) mass is 338 g/mol. The molecule has 0 unspecified atom stereocenters. The average molecular weight is 339 g/mol. The zero-order chi connectivity index (χ0) is 18.1. The minimum Gasteiger partial charge on any atom is -0.222 e. The van der Waals surface area contributed by atoms with Crippen LogP contribution in [0.4, 0.5) is 0 Å². The van der Waals surface area contributed by atoms with Crippen LogP contribution in [-0.2, 0) is 9.59 Å². The minimum absolute atomic E-state index is 0.669. The van der Waals surface area contributed by atoms with Crippen molar-refractivity contribution in [3.8, 4) is 0 Å². The number of nitrogens with one attached hydrogen (secondary N) is 1. The molecule has 140 valence electrons. The smallest absolute Gasteiger partial charge is 0.222 e. The molecule has 0 atom stereocenters. The maximum absolute atomic E-state index is 9.87. The van der Waals surface area contributed by atoms with Crippen LogP contribution in [0.1, 0.15) is 110 Å². The third-order valence-electron chi connectivity index (χ3n) is 4.19. The van der Waals surface area contributed by atoms with Crippen LogP contribution in [0.5, 0.6) is 0 Å². The lowest BCUT2D eigenvalue weighted by Gasteiger charge is -2.03. The Labute approximate surface area is 149 Å². The lowest BCUT2D eigenvalue weighted by molar-refractivity contribution is 0.529. The van der Waals surface area contributed by atoms with E-state index in [9.17, 15) is 4.79 Å². The summed E-state index contributed by atoms with van der Waals surface area (Å²) in [4.78, 5) is 21.8.